The molecule has 142 valence electrons. The van der Waals surface area contributed by atoms with Gasteiger partial charge in [0.05, 0.1) is 24.5 Å². The van der Waals surface area contributed by atoms with Gasteiger partial charge in [-0.05, 0) is 25.0 Å². The minimum atomic E-state index is -1.25. The average molecular weight is 390 g/mol. The maximum absolute atomic E-state index is 13.7. The van der Waals surface area contributed by atoms with Crippen LogP contribution in [0.3, 0.4) is 0 Å². The quantitative estimate of drug-likeness (QED) is 0.811. The number of aromatic nitrogens is 3. The number of benzene rings is 1. The molecule has 2 aromatic rings. The molecule has 0 radical (unpaired) electrons. The number of halogens is 4. The Morgan fingerprint density at radius 2 is 2.00 bits per heavy atom. The first kappa shape index (κ1) is 20.2. The first-order chi connectivity index (χ1) is 11.8. The number of hydrogen-bond donors (Lipinski definition) is 1. The number of nitrogens with zero attached hydrogens (tertiary/aromatic N) is 4. The molecule has 1 aliphatic heterocycles. The SMILES string of the molecule is CC1CN(C(=O)C[C@H](N)Cc2cc(F)c(F)cc2F)Cc2cnnn21.Cl. The lowest BCUT2D eigenvalue weighted by atomic mass is 10.0. The molecule has 0 spiro atoms. The van der Waals surface area contributed by atoms with E-state index in [9.17, 15) is 18.0 Å². The Bertz CT molecular complexity index is 800. The molecule has 1 aliphatic rings. The molecule has 26 heavy (non-hydrogen) atoms. The predicted molar refractivity (Wildman–Crippen MR) is 90.0 cm³/mol. The molecule has 10 heteroatoms. The Labute approximate surface area is 154 Å². The van der Waals surface area contributed by atoms with E-state index < -0.39 is 23.5 Å². The lowest BCUT2D eigenvalue weighted by molar-refractivity contribution is -0.133. The van der Waals surface area contributed by atoms with Crippen LogP contribution in [0, 0.1) is 17.5 Å². The first-order valence-corrected chi connectivity index (χ1v) is 7.91. The van der Waals surface area contributed by atoms with Crippen molar-refractivity contribution in [3.63, 3.8) is 0 Å². The van der Waals surface area contributed by atoms with Gasteiger partial charge in [0.1, 0.15) is 5.82 Å². The van der Waals surface area contributed by atoms with Crippen LogP contribution in [0.2, 0.25) is 0 Å². The zero-order valence-electron chi connectivity index (χ0n) is 14.0. The Kier molecular flexibility index (Phi) is 6.25. The number of rotatable bonds is 4. The number of nitrogens with two attached hydrogens (primary N) is 1. The molecule has 2 heterocycles. The molecule has 0 fully saturated rings. The number of amides is 1. The van der Waals surface area contributed by atoms with Crippen molar-refractivity contribution in [2.24, 2.45) is 5.73 Å². The fourth-order valence-electron chi connectivity index (χ4n) is 3.02. The van der Waals surface area contributed by atoms with Crippen LogP contribution in [-0.2, 0) is 17.8 Å². The van der Waals surface area contributed by atoms with Crippen LogP contribution in [-0.4, -0.2) is 38.4 Å². The summed E-state index contributed by atoms with van der Waals surface area (Å²) in [6.45, 7) is 2.78. The van der Waals surface area contributed by atoms with Gasteiger partial charge in [0.25, 0.3) is 0 Å². The largest absolute Gasteiger partial charge is 0.335 e. The topological polar surface area (TPSA) is 77.0 Å². The van der Waals surface area contributed by atoms with Crippen molar-refractivity contribution in [3.8, 4) is 0 Å². The zero-order chi connectivity index (χ0) is 18.1. The maximum atomic E-state index is 13.7. The molecule has 0 aliphatic carbocycles. The summed E-state index contributed by atoms with van der Waals surface area (Å²) >= 11 is 0. The van der Waals surface area contributed by atoms with Gasteiger partial charge in [-0.2, -0.15) is 0 Å². The number of carbonyl (C=O) groups is 1. The molecular formula is C16H19ClF3N5O. The van der Waals surface area contributed by atoms with Crippen molar-refractivity contribution >= 4 is 18.3 Å². The van der Waals surface area contributed by atoms with E-state index in [4.69, 9.17) is 5.73 Å². The molecule has 0 bridgehead atoms. The van der Waals surface area contributed by atoms with E-state index in [0.717, 1.165) is 11.8 Å². The second-order valence-corrected chi connectivity index (χ2v) is 6.32. The molecule has 1 aromatic heterocycles. The van der Waals surface area contributed by atoms with Crippen molar-refractivity contribution < 1.29 is 18.0 Å². The van der Waals surface area contributed by atoms with Crippen LogP contribution >= 0.6 is 12.4 Å². The highest BCUT2D eigenvalue weighted by atomic mass is 35.5. The van der Waals surface area contributed by atoms with Crippen LogP contribution in [0.4, 0.5) is 13.2 Å². The van der Waals surface area contributed by atoms with Crippen LogP contribution in [0.15, 0.2) is 18.3 Å². The molecule has 6 nitrogen and oxygen atoms in total. The third kappa shape index (κ3) is 4.16. The van der Waals surface area contributed by atoms with Gasteiger partial charge in [0.2, 0.25) is 5.91 Å². The summed E-state index contributed by atoms with van der Waals surface area (Å²) in [5, 5.41) is 7.80. The highest BCUT2D eigenvalue weighted by Crippen LogP contribution is 2.20. The van der Waals surface area contributed by atoms with E-state index >= 15 is 0 Å². The van der Waals surface area contributed by atoms with E-state index in [1.54, 1.807) is 15.8 Å². The van der Waals surface area contributed by atoms with Crippen LogP contribution < -0.4 is 5.73 Å². The first-order valence-electron chi connectivity index (χ1n) is 7.91. The second-order valence-electron chi connectivity index (χ2n) is 6.32. The van der Waals surface area contributed by atoms with Crippen molar-refractivity contribution in [3.05, 3.63) is 47.0 Å². The standard InChI is InChI=1S/C16H18F3N5O.ClH/c1-9-7-23(8-12-6-21-22-24(9)12)16(25)4-11(20)2-10-3-14(18)15(19)5-13(10)17;/h3,5-6,9,11H,2,4,7-8,20H2,1H3;1H/t9?,11-;/m1./s1. The molecule has 2 atom stereocenters. The van der Waals surface area contributed by atoms with E-state index in [2.05, 4.69) is 10.3 Å². The highest BCUT2D eigenvalue weighted by Gasteiger charge is 2.27. The molecule has 0 saturated carbocycles. The van der Waals surface area contributed by atoms with E-state index in [-0.39, 0.29) is 42.8 Å². The smallest absolute Gasteiger partial charge is 0.224 e. The van der Waals surface area contributed by atoms with Gasteiger partial charge in [-0.3, -0.25) is 4.79 Å². The Morgan fingerprint density at radius 3 is 2.73 bits per heavy atom. The summed E-state index contributed by atoms with van der Waals surface area (Å²) in [5.74, 6) is -3.45. The van der Waals surface area contributed by atoms with E-state index in [1.165, 1.54) is 0 Å². The molecule has 0 saturated heterocycles. The van der Waals surface area contributed by atoms with Crippen LogP contribution in [0.1, 0.15) is 30.6 Å². The van der Waals surface area contributed by atoms with Crippen LogP contribution in [0.5, 0.6) is 0 Å². The molecule has 1 amide bonds. The summed E-state index contributed by atoms with van der Waals surface area (Å²) in [5.41, 5.74) is 6.70. The summed E-state index contributed by atoms with van der Waals surface area (Å²) < 4.78 is 41.7. The van der Waals surface area contributed by atoms with E-state index in [0.29, 0.717) is 19.2 Å². The maximum Gasteiger partial charge on any atom is 0.224 e. The Morgan fingerprint density at radius 1 is 1.31 bits per heavy atom. The lowest BCUT2D eigenvalue weighted by Gasteiger charge is -2.32. The Hall–Kier alpha value is -2.13. The summed E-state index contributed by atoms with van der Waals surface area (Å²) in [7, 11) is 0. The zero-order valence-corrected chi connectivity index (χ0v) is 14.8. The third-order valence-electron chi connectivity index (χ3n) is 4.26. The summed E-state index contributed by atoms with van der Waals surface area (Å²) in [6, 6.07) is 0.559. The van der Waals surface area contributed by atoms with Gasteiger partial charge in [-0.15, -0.1) is 17.5 Å². The van der Waals surface area contributed by atoms with Crippen molar-refractivity contribution in [2.45, 2.75) is 38.4 Å². The molecule has 1 aromatic carbocycles. The van der Waals surface area contributed by atoms with E-state index in [1.807, 2.05) is 6.92 Å². The van der Waals surface area contributed by atoms with Gasteiger partial charge in [-0.25, -0.2) is 17.9 Å². The van der Waals surface area contributed by atoms with Gasteiger partial charge < -0.3 is 10.6 Å². The minimum Gasteiger partial charge on any atom is -0.335 e. The highest BCUT2D eigenvalue weighted by molar-refractivity contribution is 5.85. The van der Waals surface area contributed by atoms with Gasteiger partial charge in [0, 0.05) is 25.1 Å². The molecule has 1 unspecified atom stereocenters. The van der Waals surface area contributed by atoms with Gasteiger partial charge in [-0.1, -0.05) is 5.21 Å². The van der Waals surface area contributed by atoms with Crippen molar-refractivity contribution in [2.75, 3.05) is 6.54 Å². The second kappa shape index (κ2) is 8.05. The van der Waals surface area contributed by atoms with Crippen molar-refractivity contribution in [1.82, 2.24) is 19.9 Å². The monoisotopic (exact) mass is 389 g/mol. The average Bonchev–Trinajstić information content (AvgIpc) is 3.01. The predicted octanol–water partition coefficient (Wildman–Crippen LogP) is 1.98. The lowest BCUT2D eigenvalue weighted by Crippen LogP contribution is -2.42. The molecular weight excluding hydrogens is 371 g/mol. The van der Waals surface area contributed by atoms with Gasteiger partial charge >= 0.3 is 0 Å². The summed E-state index contributed by atoms with van der Waals surface area (Å²) in [6.07, 6.45) is 1.52. The van der Waals surface area contributed by atoms with Crippen molar-refractivity contribution in [1.29, 1.82) is 0 Å². The Balaban J connectivity index is 0.00000243. The molecule has 2 N–H and O–H groups in total. The number of carbonyl (C=O) groups excluding carboxylic acids is 1. The number of fused-ring (bicyclic) bond motifs is 1. The number of hydrogen-bond acceptors (Lipinski definition) is 4. The third-order valence-corrected chi connectivity index (χ3v) is 4.26. The van der Waals surface area contributed by atoms with Crippen LogP contribution in [0.25, 0.3) is 0 Å². The van der Waals surface area contributed by atoms with Gasteiger partial charge in [0.15, 0.2) is 11.6 Å². The molecule has 3 rings (SSSR count). The fraction of sp³-hybridized carbons (Fsp3) is 0.438. The summed E-state index contributed by atoms with van der Waals surface area (Å²) in [4.78, 5) is 14.1. The fourth-order valence-corrected chi connectivity index (χ4v) is 3.02. The minimum absolute atomic E-state index is 0. The normalized spacial score (nSPS) is 17.4.